The fourth-order valence-electron chi connectivity index (χ4n) is 1.04. The summed E-state index contributed by atoms with van der Waals surface area (Å²) in [7, 11) is 0. The molecule has 1 N–H and O–H groups in total. The van der Waals surface area contributed by atoms with Crippen molar-refractivity contribution in [2.75, 3.05) is 0 Å². The van der Waals surface area contributed by atoms with Gasteiger partial charge in [-0.15, -0.1) is 11.3 Å². The number of halogens is 1. The molecule has 0 saturated carbocycles. The molecule has 1 aromatic rings. The molecular formula is C9H13ClOS. The lowest BCUT2D eigenvalue weighted by atomic mass is 10.1. The van der Waals surface area contributed by atoms with Crippen LogP contribution in [0, 0.1) is 0 Å². The Kier molecular flexibility index (Phi) is 4.06. The summed E-state index contributed by atoms with van der Waals surface area (Å²) >= 11 is 7.26. The normalized spacial score (nSPS) is 13.2. The minimum Gasteiger partial charge on any atom is -0.388 e. The van der Waals surface area contributed by atoms with Gasteiger partial charge < -0.3 is 5.11 Å². The van der Waals surface area contributed by atoms with Crippen molar-refractivity contribution < 1.29 is 5.11 Å². The van der Waals surface area contributed by atoms with Crippen LogP contribution in [0.5, 0.6) is 0 Å². The Morgan fingerprint density at radius 3 is 2.92 bits per heavy atom. The topological polar surface area (TPSA) is 20.2 Å². The lowest BCUT2D eigenvalue weighted by Gasteiger charge is -2.05. The van der Waals surface area contributed by atoms with E-state index in [1.165, 1.54) is 11.3 Å². The molecule has 1 aromatic heterocycles. The van der Waals surface area contributed by atoms with Crippen LogP contribution in [0.1, 0.15) is 37.2 Å². The maximum absolute atomic E-state index is 9.62. The molecule has 0 fully saturated rings. The molecule has 1 heterocycles. The average Bonchev–Trinajstić information content (AvgIpc) is 2.47. The predicted octanol–water partition coefficient (Wildman–Crippen LogP) is 3.63. The first-order valence-electron chi connectivity index (χ1n) is 4.16. The van der Waals surface area contributed by atoms with E-state index in [2.05, 4.69) is 6.92 Å². The number of hydrogen-bond acceptors (Lipinski definition) is 2. The van der Waals surface area contributed by atoms with Crippen LogP contribution in [0.4, 0.5) is 0 Å². The van der Waals surface area contributed by atoms with E-state index in [-0.39, 0.29) is 6.10 Å². The summed E-state index contributed by atoms with van der Waals surface area (Å²) in [6.07, 6.45) is 2.71. The van der Waals surface area contributed by atoms with Gasteiger partial charge in [-0.2, -0.15) is 0 Å². The Morgan fingerprint density at radius 2 is 2.42 bits per heavy atom. The van der Waals surface area contributed by atoms with Crippen molar-refractivity contribution in [2.24, 2.45) is 0 Å². The standard InChI is InChI=1S/C9H13ClOS/c1-2-3-4-8(11)9-5-7(10)6-12-9/h5-6,8,11H,2-4H2,1H3. The summed E-state index contributed by atoms with van der Waals surface area (Å²) in [6.45, 7) is 2.12. The summed E-state index contributed by atoms with van der Waals surface area (Å²) in [5.74, 6) is 0. The van der Waals surface area contributed by atoms with Crippen molar-refractivity contribution in [3.63, 3.8) is 0 Å². The number of unbranched alkanes of at least 4 members (excludes halogenated alkanes) is 1. The van der Waals surface area contributed by atoms with Crippen LogP contribution in [-0.2, 0) is 0 Å². The highest BCUT2D eigenvalue weighted by Crippen LogP contribution is 2.27. The van der Waals surface area contributed by atoms with Gasteiger partial charge in [0, 0.05) is 10.3 Å². The van der Waals surface area contributed by atoms with Gasteiger partial charge >= 0.3 is 0 Å². The van der Waals surface area contributed by atoms with Crippen LogP contribution in [0.2, 0.25) is 5.02 Å². The van der Waals surface area contributed by atoms with Crippen molar-refractivity contribution in [3.05, 3.63) is 21.3 Å². The first-order valence-corrected chi connectivity index (χ1v) is 5.41. The van der Waals surface area contributed by atoms with Crippen molar-refractivity contribution >= 4 is 22.9 Å². The molecule has 0 saturated heterocycles. The van der Waals surface area contributed by atoms with E-state index in [1.807, 2.05) is 11.4 Å². The fourth-order valence-corrected chi connectivity index (χ4v) is 2.15. The quantitative estimate of drug-likeness (QED) is 0.794. The molecule has 3 heteroatoms. The predicted molar refractivity (Wildman–Crippen MR) is 53.8 cm³/mol. The van der Waals surface area contributed by atoms with E-state index in [0.29, 0.717) is 0 Å². The van der Waals surface area contributed by atoms with Gasteiger partial charge in [0.05, 0.1) is 11.1 Å². The zero-order valence-electron chi connectivity index (χ0n) is 7.09. The monoisotopic (exact) mass is 204 g/mol. The zero-order valence-corrected chi connectivity index (χ0v) is 8.66. The summed E-state index contributed by atoms with van der Waals surface area (Å²) in [4.78, 5) is 0.980. The average molecular weight is 205 g/mol. The van der Waals surface area contributed by atoms with E-state index in [9.17, 15) is 5.11 Å². The molecule has 0 bridgehead atoms. The molecule has 0 aliphatic heterocycles. The van der Waals surface area contributed by atoms with E-state index in [4.69, 9.17) is 11.6 Å². The van der Waals surface area contributed by atoms with E-state index < -0.39 is 0 Å². The fraction of sp³-hybridized carbons (Fsp3) is 0.556. The van der Waals surface area contributed by atoms with Crippen molar-refractivity contribution in [3.8, 4) is 0 Å². The molecule has 68 valence electrons. The molecule has 0 radical (unpaired) electrons. The molecule has 0 amide bonds. The summed E-state index contributed by atoms with van der Waals surface area (Å²) < 4.78 is 0. The number of aliphatic hydroxyl groups excluding tert-OH is 1. The second-order valence-electron chi connectivity index (χ2n) is 2.83. The van der Waals surface area contributed by atoms with Crippen LogP contribution in [0.25, 0.3) is 0 Å². The van der Waals surface area contributed by atoms with Crippen molar-refractivity contribution in [1.82, 2.24) is 0 Å². The molecule has 1 nitrogen and oxygen atoms in total. The second-order valence-corrected chi connectivity index (χ2v) is 4.20. The lowest BCUT2D eigenvalue weighted by molar-refractivity contribution is 0.168. The van der Waals surface area contributed by atoms with Crippen LogP contribution >= 0.6 is 22.9 Å². The van der Waals surface area contributed by atoms with E-state index >= 15 is 0 Å². The first-order chi connectivity index (χ1) is 5.74. The lowest BCUT2D eigenvalue weighted by Crippen LogP contribution is -1.93. The summed E-state index contributed by atoms with van der Waals surface area (Å²) in [5.41, 5.74) is 0. The van der Waals surface area contributed by atoms with E-state index in [1.54, 1.807) is 0 Å². The van der Waals surface area contributed by atoms with Gasteiger partial charge in [0.2, 0.25) is 0 Å². The van der Waals surface area contributed by atoms with Crippen LogP contribution in [0.15, 0.2) is 11.4 Å². The second kappa shape index (κ2) is 4.85. The number of rotatable bonds is 4. The van der Waals surface area contributed by atoms with E-state index in [0.717, 1.165) is 29.2 Å². The van der Waals surface area contributed by atoms with Crippen LogP contribution in [-0.4, -0.2) is 5.11 Å². The molecule has 1 unspecified atom stereocenters. The Bertz CT molecular complexity index is 234. The maximum atomic E-state index is 9.62. The summed E-state index contributed by atoms with van der Waals surface area (Å²) in [5, 5.41) is 12.2. The third-order valence-corrected chi connectivity index (χ3v) is 3.13. The van der Waals surface area contributed by atoms with Crippen molar-refractivity contribution in [1.29, 1.82) is 0 Å². The molecular weight excluding hydrogens is 192 g/mol. The molecule has 1 atom stereocenters. The minimum absolute atomic E-state index is 0.317. The molecule has 0 aliphatic carbocycles. The first kappa shape index (κ1) is 10.0. The van der Waals surface area contributed by atoms with Crippen LogP contribution in [0.3, 0.4) is 0 Å². The third kappa shape index (κ3) is 2.77. The number of thiophene rings is 1. The smallest absolute Gasteiger partial charge is 0.0882 e. The molecule has 12 heavy (non-hydrogen) atoms. The summed E-state index contributed by atoms with van der Waals surface area (Å²) in [6, 6.07) is 1.84. The molecule has 0 spiro atoms. The van der Waals surface area contributed by atoms with Gasteiger partial charge in [-0.05, 0) is 12.5 Å². The van der Waals surface area contributed by atoms with Gasteiger partial charge in [-0.1, -0.05) is 31.4 Å². The SMILES string of the molecule is CCCCC(O)c1cc(Cl)cs1. The highest BCUT2D eigenvalue weighted by Gasteiger charge is 2.08. The van der Waals surface area contributed by atoms with Gasteiger partial charge in [0.25, 0.3) is 0 Å². The Balaban J connectivity index is 2.47. The zero-order chi connectivity index (χ0) is 8.97. The molecule has 1 rings (SSSR count). The highest BCUT2D eigenvalue weighted by molar-refractivity contribution is 7.10. The van der Waals surface area contributed by atoms with Gasteiger partial charge in [0.15, 0.2) is 0 Å². The minimum atomic E-state index is -0.317. The Hall–Kier alpha value is -0.0500. The van der Waals surface area contributed by atoms with Crippen molar-refractivity contribution in [2.45, 2.75) is 32.3 Å². The molecule has 0 aliphatic rings. The van der Waals surface area contributed by atoms with Gasteiger partial charge in [-0.25, -0.2) is 0 Å². The number of hydrogen-bond donors (Lipinski definition) is 1. The Morgan fingerprint density at radius 1 is 1.67 bits per heavy atom. The van der Waals surface area contributed by atoms with Gasteiger partial charge in [-0.3, -0.25) is 0 Å². The molecule has 0 aromatic carbocycles. The third-order valence-electron chi connectivity index (χ3n) is 1.75. The maximum Gasteiger partial charge on any atom is 0.0882 e. The largest absolute Gasteiger partial charge is 0.388 e. The Labute approximate surface area is 82.0 Å². The number of aliphatic hydroxyl groups is 1. The van der Waals surface area contributed by atoms with Gasteiger partial charge in [0.1, 0.15) is 0 Å². The highest BCUT2D eigenvalue weighted by atomic mass is 35.5. The van der Waals surface area contributed by atoms with Crippen LogP contribution < -0.4 is 0 Å².